The van der Waals surface area contributed by atoms with Gasteiger partial charge in [0.05, 0.1) is 11.0 Å². The van der Waals surface area contributed by atoms with Crippen molar-refractivity contribution >= 4 is 57.3 Å². The van der Waals surface area contributed by atoms with Gasteiger partial charge in [0.1, 0.15) is 5.82 Å². The van der Waals surface area contributed by atoms with Crippen molar-refractivity contribution in [2.45, 2.75) is 24.5 Å². The summed E-state index contributed by atoms with van der Waals surface area (Å²) in [6, 6.07) is 5.30. The molecule has 0 saturated carbocycles. The number of hydrogen-bond acceptors (Lipinski definition) is 5. The molecule has 0 unspecified atom stereocenters. The first-order valence-electron chi connectivity index (χ1n) is 7.50. The zero-order chi connectivity index (χ0) is 16.7. The number of H-pyrrole nitrogens is 1. The summed E-state index contributed by atoms with van der Waals surface area (Å²) in [5.74, 6) is 0.325. The normalized spacial score (nSPS) is 16.6. The van der Waals surface area contributed by atoms with Gasteiger partial charge in [-0.25, -0.2) is 13.4 Å². The number of hydrogen-bond donors (Lipinski definition) is 3. The smallest absolute Gasteiger partial charge is 0.245 e. The topological polar surface area (TPSA) is 104 Å². The van der Waals surface area contributed by atoms with Gasteiger partial charge in [-0.1, -0.05) is 0 Å². The Morgan fingerprint density at radius 2 is 1.88 bits per heavy atom. The van der Waals surface area contributed by atoms with Gasteiger partial charge in [0.2, 0.25) is 5.91 Å². The van der Waals surface area contributed by atoms with Crippen LogP contribution >= 0.6 is 24.8 Å². The fourth-order valence-corrected chi connectivity index (χ4v) is 4.39. The molecule has 0 spiro atoms. The van der Waals surface area contributed by atoms with Crippen LogP contribution in [0.4, 0.5) is 5.69 Å². The first kappa shape index (κ1) is 21.7. The highest BCUT2D eigenvalue weighted by atomic mass is 35.5. The molecule has 1 aromatic heterocycles. The third-order valence-electron chi connectivity index (χ3n) is 4.39. The van der Waals surface area contributed by atoms with E-state index in [1.807, 2.05) is 6.92 Å². The number of nitrogens with zero attached hydrogens (tertiary/aromatic N) is 1. The SMILES string of the molecule is Cc1nc2ccc(NC(=O)C3(S(C)(=O)=O)CCNCC3)cc2[nH]1.Cl.Cl. The van der Waals surface area contributed by atoms with Gasteiger partial charge in [0.25, 0.3) is 0 Å². The molecule has 1 aromatic carbocycles. The molecular formula is C15H22Cl2N4O3S. The van der Waals surface area contributed by atoms with Gasteiger partial charge >= 0.3 is 0 Å². The summed E-state index contributed by atoms with van der Waals surface area (Å²) >= 11 is 0. The molecule has 10 heteroatoms. The highest BCUT2D eigenvalue weighted by molar-refractivity contribution is 7.92. The molecule has 0 aliphatic carbocycles. The Labute approximate surface area is 159 Å². The zero-order valence-corrected chi connectivity index (χ0v) is 16.4. The first-order valence-corrected chi connectivity index (χ1v) is 9.39. The molecular weight excluding hydrogens is 387 g/mol. The Kier molecular flexibility index (Phi) is 6.86. The quantitative estimate of drug-likeness (QED) is 0.718. The van der Waals surface area contributed by atoms with Crippen molar-refractivity contribution in [1.82, 2.24) is 15.3 Å². The minimum Gasteiger partial charge on any atom is -0.342 e. The second kappa shape index (κ2) is 7.90. The van der Waals surface area contributed by atoms with Gasteiger partial charge < -0.3 is 15.6 Å². The number of sulfone groups is 1. The van der Waals surface area contributed by atoms with Crippen LogP contribution in [0.3, 0.4) is 0 Å². The molecule has 0 radical (unpaired) electrons. The third kappa shape index (κ3) is 4.08. The van der Waals surface area contributed by atoms with Crippen molar-refractivity contribution in [3.63, 3.8) is 0 Å². The molecule has 7 nitrogen and oxygen atoms in total. The molecule has 2 aromatic rings. The number of halogens is 2. The molecule has 140 valence electrons. The molecule has 3 N–H and O–H groups in total. The summed E-state index contributed by atoms with van der Waals surface area (Å²) in [4.78, 5) is 20.1. The average Bonchev–Trinajstić information content (AvgIpc) is 2.86. The van der Waals surface area contributed by atoms with Crippen LogP contribution < -0.4 is 10.6 Å². The number of rotatable bonds is 3. The standard InChI is InChI=1S/C15H20N4O3S.2ClH/c1-10-17-12-4-3-11(9-13(12)18-10)19-14(20)15(23(2,21)22)5-7-16-8-6-15;;/h3-4,9,16H,5-8H2,1-2H3,(H,17,18)(H,19,20);2*1H. The Morgan fingerprint density at radius 1 is 1.24 bits per heavy atom. The number of imidazole rings is 1. The van der Waals surface area contributed by atoms with Crippen molar-refractivity contribution in [3.8, 4) is 0 Å². The third-order valence-corrected chi connectivity index (χ3v) is 6.41. The van der Waals surface area contributed by atoms with Crippen LogP contribution in [-0.2, 0) is 14.6 Å². The minimum atomic E-state index is -3.52. The summed E-state index contributed by atoms with van der Waals surface area (Å²) < 4.78 is 23.1. The molecule has 25 heavy (non-hydrogen) atoms. The number of aromatic nitrogens is 2. The lowest BCUT2D eigenvalue weighted by Gasteiger charge is -2.34. The number of nitrogens with one attached hydrogen (secondary N) is 3. The number of carbonyl (C=O) groups excluding carboxylic acids is 1. The predicted octanol–water partition coefficient (Wildman–Crippen LogP) is 1.82. The van der Waals surface area contributed by atoms with Gasteiger partial charge in [-0.05, 0) is 51.1 Å². The van der Waals surface area contributed by atoms with Crippen LogP contribution in [0.1, 0.15) is 18.7 Å². The zero-order valence-electron chi connectivity index (χ0n) is 14.0. The largest absolute Gasteiger partial charge is 0.342 e. The number of amides is 1. The Hall–Kier alpha value is -1.35. The fourth-order valence-electron chi connectivity index (χ4n) is 3.06. The summed E-state index contributed by atoms with van der Waals surface area (Å²) in [5, 5.41) is 5.87. The highest BCUT2D eigenvalue weighted by Crippen LogP contribution is 2.30. The Bertz CT molecular complexity index is 861. The molecule has 1 saturated heterocycles. The van der Waals surface area contributed by atoms with Crippen molar-refractivity contribution in [3.05, 3.63) is 24.0 Å². The molecule has 0 atom stereocenters. The number of aromatic amines is 1. The second-order valence-corrected chi connectivity index (χ2v) is 8.35. The number of fused-ring (bicyclic) bond motifs is 1. The number of benzene rings is 1. The molecule has 2 heterocycles. The van der Waals surface area contributed by atoms with Gasteiger partial charge in [-0.2, -0.15) is 0 Å². The lowest BCUT2D eigenvalue weighted by molar-refractivity contribution is -0.119. The lowest BCUT2D eigenvalue weighted by atomic mass is 9.95. The van der Waals surface area contributed by atoms with Crippen molar-refractivity contribution in [2.75, 3.05) is 24.7 Å². The van der Waals surface area contributed by atoms with Crippen LogP contribution in [0, 0.1) is 6.92 Å². The predicted molar refractivity (Wildman–Crippen MR) is 104 cm³/mol. The molecule has 0 bridgehead atoms. The van der Waals surface area contributed by atoms with E-state index >= 15 is 0 Å². The Balaban J connectivity index is 0.00000156. The van der Waals surface area contributed by atoms with Crippen molar-refractivity contribution in [1.29, 1.82) is 0 Å². The van der Waals surface area contributed by atoms with E-state index in [4.69, 9.17) is 0 Å². The molecule has 1 amide bonds. The Morgan fingerprint density at radius 3 is 2.48 bits per heavy atom. The average molecular weight is 409 g/mol. The summed E-state index contributed by atoms with van der Waals surface area (Å²) in [7, 11) is -3.52. The van der Waals surface area contributed by atoms with Gasteiger partial charge in [0, 0.05) is 11.9 Å². The van der Waals surface area contributed by atoms with Crippen LogP contribution in [0.2, 0.25) is 0 Å². The maximum atomic E-state index is 12.7. The van der Waals surface area contributed by atoms with Crippen molar-refractivity contribution < 1.29 is 13.2 Å². The van der Waals surface area contributed by atoms with Gasteiger partial charge in [-0.3, -0.25) is 4.79 Å². The van der Waals surface area contributed by atoms with E-state index in [-0.39, 0.29) is 37.7 Å². The van der Waals surface area contributed by atoms with E-state index in [2.05, 4.69) is 20.6 Å². The number of carbonyl (C=O) groups is 1. The minimum absolute atomic E-state index is 0. The number of anilines is 1. The van der Waals surface area contributed by atoms with E-state index in [9.17, 15) is 13.2 Å². The van der Waals surface area contributed by atoms with E-state index in [0.29, 0.717) is 18.8 Å². The molecule has 1 aliphatic rings. The molecule has 3 rings (SSSR count). The van der Waals surface area contributed by atoms with Crippen LogP contribution in [0.5, 0.6) is 0 Å². The summed E-state index contributed by atoms with van der Waals surface area (Å²) in [5.41, 5.74) is 2.17. The fraction of sp³-hybridized carbons (Fsp3) is 0.467. The molecule has 1 aliphatic heterocycles. The number of aryl methyl sites for hydroxylation is 1. The first-order chi connectivity index (χ1) is 10.8. The van der Waals surface area contributed by atoms with Gasteiger partial charge in [0.15, 0.2) is 14.6 Å². The summed E-state index contributed by atoms with van der Waals surface area (Å²) in [6.07, 6.45) is 1.70. The van der Waals surface area contributed by atoms with Crippen LogP contribution in [-0.4, -0.2) is 48.4 Å². The maximum absolute atomic E-state index is 12.7. The van der Waals surface area contributed by atoms with Crippen LogP contribution in [0.15, 0.2) is 18.2 Å². The monoisotopic (exact) mass is 408 g/mol. The van der Waals surface area contributed by atoms with E-state index in [1.54, 1.807) is 18.2 Å². The van der Waals surface area contributed by atoms with Crippen LogP contribution in [0.25, 0.3) is 11.0 Å². The molecule has 1 fully saturated rings. The van der Waals surface area contributed by atoms with E-state index < -0.39 is 20.5 Å². The van der Waals surface area contributed by atoms with E-state index in [0.717, 1.165) is 23.1 Å². The van der Waals surface area contributed by atoms with Gasteiger partial charge in [-0.15, -0.1) is 24.8 Å². The van der Waals surface area contributed by atoms with Crippen molar-refractivity contribution in [2.24, 2.45) is 0 Å². The van der Waals surface area contributed by atoms with E-state index in [1.165, 1.54) is 0 Å². The second-order valence-electron chi connectivity index (χ2n) is 6.02. The number of piperidine rings is 1. The highest BCUT2D eigenvalue weighted by Gasteiger charge is 2.48. The lowest BCUT2D eigenvalue weighted by Crippen LogP contribution is -2.55. The summed E-state index contributed by atoms with van der Waals surface area (Å²) in [6.45, 7) is 2.88. The maximum Gasteiger partial charge on any atom is 0.245 e.